The minimum Gasteiger partial charge on any atom is -0.312 e. The molecule has 2 aliphatic rings. The molecular weight excluding hydrogens is 256 g/mol. The maximum absolute atomic E-state index is 3.88. The summed E-state index contributed by atoms with van der Waals surface area (Å²) in [6.45, 7) is 9.52. The van der Waals surface area contributed by atoms with Crippen molar-refractivity contribution in [3.05, 3.63) is 0 Å². The summed E-state index contributed by atoms with van der Waals surface area (Å²) in [5.74, 6) is 0.988. The van der Waals surface area contributed by atoms with Crippen molar-refractivity contribution in [2.45, 2.75) is 103 Å². The average molecular weight is 295 g/mol. The molecule has 3 atom stereocenters. The molecule has 3 unspecified atom stereocenters. The molecule has 0 spiro atoms. The lowest BCUT2D eigenvalue weighted by atomic mass is 9.79. The van der Waals surface area contributed by atoms with Gasteiger partial charge in [-0.3, -0.25) is 4.90 Å². The standard InChI is InChI=1S/C19H38N2/c1-4-7-14-21(17-10-11-17)19-15-16(8-5-2)9-12-18(19)20-13-6-3/h16-20H,4-15H2,1-3H3. The molecule has 1 N–H and O–H groups in total. The van der Waals surface area contributed by atoms with E-state index in [-0.39, 0.29) is 0 Å². The molecule has 2 fully saturated rings. The number of hydrogen-bond donors (Lipinski definition) is 1. The maximum atomic E-state index is 3.88. The van der Waals surface area contributed by atoms with E-state index in [2.05, 4.69) is 31.0 Å². The third-order valence-electron chi connectivity index (χ3n) is 5.49. The van der Waals surface area contributed by atoms with E-state index >= 15 is 0 Å². The molecule has 0 amide bonds. The van der Waals surface area contributed by atoms with Crippen LogP contribution >= 0.6 is 0 Å². The molecule has 0 aliphatic heterocycles. The Bertz CT molecular complexity index is 275. The van der Waals surface area contributed by atoms with Crippen molar-refractivity contribution >= 4 is 0 Å². The number of nitrogens with one attached hydrogen (secondary N) is 1. The highest BCUT2D eigenvalue weighted by Crippen LogP contribution is 2.37. The lowest BCUT2D eigenvalue weighted by Crippen LogP contribution is -2.54. The second-order valence-corrected chi connectivity index (χ2v) is 7.42. The zero-order chi connectivity index (χ0) is 15.1. The van der Waals surface area contributed by atoms with E-state index in [1.807, 2.05) is 0 Å². The molecule has 0 bridgehead atoms. The topological polar surface area (TPSA) is 15.3 Å². The Labute approximate surface area is 133 Å². The molecule has 0 aromatic carbocycles. The predicted molar refractivity (Wildman–Crippen MR) is 92.8 cm³/mol. The van der Waals surface area contributed by atoms with Gasteiger partial charge in [0.15, 0.2) is 0 Å². The van der Waals surface area contributed by atoms with Crippen LogP contribution in [0.25, 0.3) is 0 Å². The summed E-state index contributed by atoms with van der Waals surface area (Å²) in [4.78, 5) is 2.92. The van der Waals surface area contributed by atoms with Crippen LogP contribution in [0, 0.1) is 5.92 Å². The SMILES string of the molecule is CCCCN(C1CC1)C1CC(CCC)CCC1NCCC. The van der Waals surface area contributed by atoms with Gasteiger partial charge in [0.25, 0.3) is 0 Å². The molecule has 2 nitrogen and oxygen atoms in total. The summed E-state index contributed by atoms with van der Waals surface area (Å²) in [6, 6.07) is 2.50. The zero-order valence-corrected chi connectivity index (χ0v) is 14.7. The van der Waals surface area contributed by atoms with Gasteiger partial charge in [-0.05, 0) is 64.0 Å². The first-order valence-corrected chi connectivity index (χ1v) is 9.79. The molecule has 2 saturated carbocycles. The van der Waals surface area contributed by atoms with Crippen LogP contribution in [-0.2, 0) is 0 Å². The fourth-order valence-corrected chi connectivity index (χ4v) is 4.20. The van der Waals surface area contributed by atoms with Crippen molar-refractivity contribution in [3.63, 3.8) is 0 Å². The van der Waals surface area contributed by atoms with E-state index in [0.29, 0.717) is 0 Å². The van der Waals surface area contributed by atoms with Crippen LogP contribution < -0.4 is 5.32 Å². The van der Waals surface area contributed by atoms with Crippen LogP contribution in [0.1, 0.15) is 85.0 Å². The van der Waals surface area contributed by atoms with Crippen molar-refractivity contribution in [3.8, 4) is 0 Å². The van der Waals surface area contributed by atoms with Gasteiger partial charge in [0.05, 0.1) is 0 Å². The Morgan fingerprint density at radius 2 is 1.76 bits per heavy atom. The van der Waals surface area contributed by atoms with Gasteiger partial charge >= 0.3 is 0 Å². The van der Waals surface area contributed by atoms with Gasteiger partial charge in [0.2, 0.25) is 0 Å². The first kappa shape index (κ1) is 17.3. The molecule has 2 heteroatoms. The lowest BCUT2D eigenvalue weighted by Gasteiger charge is -2.43. The first-order valence-electron chi connectivity index (χ1n) is 9.79. The molecule has 0 radical (unpaired) electrons. The predicted octanol–water partition coefficient (Wildman–Crippen LogP) is 4.59. The summed E-state index contributed by atoms with van der Waals surface area (Å²) in [6.07, 6.45) is 14.0. The van der Waals surface area contributed by atoms with Crippen LogP contribution in [0.5, 0.6) is 0 Å². The Morgan fingerprint density at radius 1 is 0.952 bits per heavy atom. The van der Waals surface area contributed by atoms with E-state index in [1.54, 1.807) is 0 Å². The fourth-order valence-electron chi connectivity index (χ4n) is 4.20. The highest BCUT2D eigenvalue weighted by atomic mass is 15.2. The summed E-state index contributed by atoms with van der Waals surface area (Å²) in [7, 11) is 0. The monoisotopic (exact) mass is 294 g/mol. The van der Waals surface area contributed by atoms with E-state index in [0.717, 1.165) is 24.0 Å². The van der Waals surface area contributed by atoms with Crippen LogP contribution in [0.15, 0.2) is 0 Å². The highest BCUT2D eigenvalue weighted by Gasteiger charge is 2.39. The Hall–Kier alpha value is -0.0800. The highest BCUT2D eigenvalue weighted by molar-refractivity contribution is 4.97. The normalized spacial score (nSPS) is 30.0. The summed E-state index contributed by atoms with van der Waals surface area (Å²) < 4.78 is 0. The summed E-state index contributed by atoms with van der Waals surface area (Å²) >= 11 is 0. The molecule has 124 valence electrons. The Kier molecular flexibility index (Phi) is 7.53. The van der Waals surface area contributed by atoms with Gasteiger partial charge in [0.1, 0.15) is 0 Å². The number of unbranched alkanes of at least 4 members (excludes halogenated alkanes) is 1. The Morgan fingerprint density at radius 3 is 2.38 bits per heavy atom. The molecule has 0 aromatic heterocycles. The van der Waals surface area contributed by atoms with Gasteiger partial charge in [0, 0.05) is 18.1 Å². The first-order chi connectivity index (χ1) is 10.3. The van der Waals surface area contributed by atoms with Crippen molar-refractivity contribution in [2.24, 2.45) is 5.92 Å². The smallest absolute Gasteiger partial charge is 0.0254 e. The van der Waals surface area contributed by atoms with Gasteiger partial charge < -0.3 is 5.32 Å². The molecule has 0 heterocycles. The quantitative estimate of drug-likeness (QED) is 0.634. The molecule has 21 heavy (non-hydrogen) atoms. The minimum absolute atomic E-state index is 0.760. The lowest BCUT2D eigenvalue weighted by molar-refractivity contribution is 0.0856. The van der Waals surface area contributed by atoms with E-state index < -0.39 is 0 Å². The van der Waals surface area contributed by atoms with Crippen molar-refractivity contribution in [1.82, 2.24) is 10.2 Å². The van der Waals surface area contributed by atoms with Gasteiger partial charge in [-0.2, -0.15) is 0 Å². The molecule has 2 aliphatic carbocycles. The zero-order valence-electron chi connectivity index (χ0n) is 14.7. The third-order valence-corrected chi connectivity index (χ3v) is 5.49. The molecule has 0 aromatic rings. The van der Waals surface area contributed by atoms with Gasteiger partial charge in [-0.25, -0.2) is 0 Å². The maximum Gasteiger partial charge on any atom is 0.0254 e. The van der Waals surface area contributed by atoms with Crippen LogP contribution in [0.4, 0.5) is 0 Å². The summed E-state index contributed by atoms with van der Waals surface area (Å²) in [5, 5.41) is 3.88. The van der Waals surface area contributed by atoms with Crippen LogP contribution in [0.3, 0.4) is 0 Å². The van der Waals surface area contributed by atoms with Crippen LogP contribution in [-0.4, -0.2) is 36.1 Å². The van der Waals surface area contributed by atoms with Crippen molar-refractivity contribution < 1.29 is 0 Å². The number of nitrogens with zero attached hydrogens (tertiary/aromatic N) is 1. The van der Waals surface area contributed by atoms with Crippen LogP contribution in [0.2, 0.25) is 0 Å². The largest absolute Gasteiger partial charge is 0.312 e. The fraction of sp³-hybridized carbons (Fsp3) is 1.00. The number of hydrogen-bond acceptors (Lipinski definition) is 2. The summed E-state index contributed by atoms with van der Waals surface area (Å²) in [5.41, 5.74) is 0. The van der Waals surface area contributed by atoms with E-state index in [9.17, 15) is 0 Å². The molecule has 2 rings (SSSR count). The number of rotatable bonds is 10. The van der Waals surface area contributed by atoms with E-state index in [4.69, 9.17) is 0 Å². The van der Waals surface area contributed by atoms with Crippen molar-refractivity contribution in [2.75, 3.05) is 13.1 Å². The average Bonchev–Trinajstić information content (AvgIpc) is 3.32. The molecular formula is C19H38N2. The second-order valence-electron chi connectivity index (χ2n) is 7.42. The molecule has 0 saturated heterocycles. The second kappa shape index (κ2) is 9.15. The van der Waals surface area contributed by atoms with Crippen molar-refractivity contribution in [1.29, 1.82) is 0 Å². The Balaban J connectivity index is 1.98. The minimum atomic E-state index is 0.760. The third kappa shape index (κ3) is 5.25. The van der Waals surface area contributed by atoms with E-state index in [1.165, 1.54) is 77.3 Å². The van der Waals surface area contributed by atoms with Gasteiger partial charge in [-0.15, -0.1) is 0 Å². The van der Waals surface area contributed by atoms with Gasteiger partial charge in [-0.1, -0.05) is 40.0 Å².